The van der Waals surface area contributed by atoms with Gasteiger partial charge >= 0.3 is 0 Å². The molecule has 0 aromatic carbocycles. The lowest BCUT2D eigenvalue weighted by molar-refractivity contribution is 0.0154. The minimum Gasteiger partial charge on any atom is -0.376 e. The first kappa shape index (κ1) is 9.47. The first-order chi connectivity index (χ1) is 6.22. The summed E-state index contributed by atoms with van der Waals surface area (Å²) in [5, 5.41) is 3.60. The Hall–Kier alpha value is -0.0800. The molecule has 1 saturated carbocycles. The van der Waals surface area contributed by atoms with Gasteiger partial charge in [-0.25, -0.2) is 0 Å². The van der Waals surface area contributed by atoms with Gasteiger partial charge in [0.05, 0.1) is 12.7 Å². The van der Waals surface area contributed by atoms with E-state index in [2.05, 4.69) is 19.2 Å². The van der Waals surface area contributed by atoms with Crippen molar-refractivity contribution in [2.45, 2.75) is 51.7 Å². The second-order valence-electron chi connectivity index (χ2n) is 4.89. The largest absolute Gasteiger partial charge is 0.376 e. The van der Waals surface area contributed by atoms with Crippen LogP contribution in [0.2, 0.25) is 0 Å². The van der Waals surface area contributed by atoms with Crippen molar-refractivity contribution in [2.24, 2.45) is 5.41 Å². The lowest BCUT2D eigenvalue weighted by Gasteiger charge is -2.26. The highest BCUT2D eigenvalue weighted by Crippen LogP contribution is 2.39. The quantitative estimate of drug-likeness (QED) is 0.619. The van der Waals surface area contributed by atoms with E-state index in [1.165, 1.54) is 32.2 Å². The molecule has 2 unspecified atom stereocenters. The van der Waals surface area contributed by atoms with E-state index in [0.717, 1.165) is 6.61 Å². The summed E-state index contributed by atoms with van der Waals surface area (Å²) in [6.07, 6.45) is 5.89. The zero-order chi connectivity index (χ0) is 9.31. The van der Waals surface area contributed by atoms with Crippen LogP contribution in [0.4, 0.5) is 0 Å². The van der Waals surface area contributed by atoms with E-state index >= 15 is 0 Å². The molecule has 0 radical (unpaired) electrons. The van der Waals surface area contributed by atoms with Gasteiger partial charge in [0.15, 0.2) is 0 Å². The third-order valence-corrected chi connectivity index (χ3v) is 3.82. The number of hydrogen-bond acceptors (Lipinski definition) is 2. The SMILES string of the molecule is CC1NCC2(CCCC2)COC1C. The molecule has 0 bridgehead atoms. The van der Waals surface area contributed by atoms with E-state index in [0.29, 0.717) is 17.6 Å². The van der Waals surface area contributed by atoms with Crippen molar-refractivity contribution in [3.63, 3.8) is 0 Å². The molecule has 2 heteroatoms. The Balaban J connectivity index is 2.00. The van der Waals surface area contributed by atoms with Gasteiger partial charge in [-0.05, 0) is 26.7 Å². The molecule has 2 rings (SSSR count). The molecule has 13 heavy (non-hydrogen) atoms. The van der Waals surface area contributed by atoms with Crippen molar-refractivity contribution in [3.8, 4) is 0 Å². The van der Waals surface area contributed by atoms with Gasteiger partial charge in [0, 0.05) is 18.0 Å². The Bertz CT molecular complexity index is 161. The van der Waals surface area contributed by atoms with Crippen molar-refractivity contribution in [2.75, 3.05) is 13.2 Å². The summed E-state index contributed by atoms with van der Waals surface area (Å²) in [6.45, 7) is 6.54. The van der Waals surface area contributed by atoms with E-state index < -0.39 is 0 Å². The lowest BCUT2D eigenvalue weighted by Crippen LogP contribution is -2.38. The third-order valence-electron chi connectivity index (χ3n) is 3.82. The summed E-state index contributed by atoms with van der Waals surface area (Å²) < 4.78 is 5.89. The van der Waals surface area contributed by atoms with Crippen LogP contribution in [0.5, 0.6) is 0 Å². The van der Waals surface area contributed by atoms with Gasteiger partial charge in [-0.2, -0.15) is 0 Å². The fraction of sp³-hybridized carbons (Fsp3) is 1.00. The predicted molar refractivity (Wildman–Crippen MR) is 53.8 cm³/mol. The summed E-state index contributed by atoms with van der Waals surface area (Å²) in [5.74, 6) is 0. The lowest BCUT2D eigenvalue weighted by atomic mass is 9.87. The molecule has 76 valence electrons. The molecule has 1 spiro atoms. The summed E-state index contributed by atoms with van der Waals surface area (Å²) in [7, 11) is 0. The van der Waals surface area contributed by atoms with Gasteiger partial charge in [0.1, 0.15) is 0 Å². The Morgan fingerprint density at radius 1 is 1.23 bits per heavy atom. The monoisotopic (exact) mass is 183 g/mol. The number of rotatable bonds is 0. The van der Waals surface area contributed by atoms with Crippen LogP contribution < -0.4 is 5.32 Å². The van der Waals surface area contributed by atoms with E-state index in [4.69, 9.17) is 4.74 Å². The summed E-state index contributed by atoms with van der Waals surface area (Å²) >= 11 is 0. The summed E-state index contributed by atoms with van der Waals surface area (Å²) in [4.78, 5) is 0. The Kier molecular flexibility index (Phi) is 2.61. The van der Waals surface area contributed by atoms with Gasteiger partial charge in [-0.15, -0.1) is 0 Å². The van der Waals surface area contributed by atoms with Gasteiger partial charge in [-0.1, -0.05) is 12.8 Å². The number of hydrogen-bond donors (Lipinski definition) is 1. The minimum atomic E-state index is 0.375. The summed E-state index contributed by atoms with van der Waals surface area (Å²) in [6, 6.07) is 0.514. The minimum absolute atomic E-state index is 0.375. The molecule has 0 aromatic heterocycles. The highest BCUT2D eigenvalue weighted by molar-refractivity contribution is 4.90. The van der Waals surface area contributed by atoms with Crippen LogP contribution in [0.3, 0.4) is 0 Å². The molecule has 1 aliphatic heterocycles. The van der Waals surface area contributed by atoms with Crippen molar-refractivity contribution >= 4 is 0 Å². The molecule has 1 saturated heterocycles. The molecule has 2 aliphatic rings. The second kappa shape index (κ2) is 3.58. The highest BCUT2D eigenvalue weighted by Gasteiger charge is 2.37. The maximum Gasteiger partial charge on any atom is 0.0697 e. The molecule has 2 fully saturated rings. The molecule has 2 atom stereocenters. The fourth-order valence-corrected chi connectivity index (χ4v) is 2.49. The second-order valence-corrected chi connectivity index (χ2v) is 4.89. The van der Waals surface area contributed by atoms with Gasteiger partial charge in [-0.3, -0.25) is 0 Å². The Morgan fingerprint density at radius 3 is 2.62 bits per heavy atom. The molecule has 0 amide bonds. The van der Waals surface area contributed by atoms with Crippen molar-refractivity contribution in [1.82, 2.24) is 5.32 Å². The molecular formula is C11H21NO. The standard InChI is InChI=1S/C11H21NO/c1-9-10(2)13-8-11(7-12-9)5-3-4-6-11/h9-10,12H,3-8H2,1-2H3. The average molecular weight is 183 g/mol. The molecule has 0 aromatic rings. The average Bonchev–Trinajstić information content (AvgIpc) is 2.54. The van der Waals surface area contributed by atoms with Crippen molar-refractivity contribution < 1.29 is 4.74 Å². The Labute approximate surface area is 81.0 Å². The normalized spacial score (nSPS) is 39.2. The zero-order valence-corrected chi connectivity index (χ0v) is 8.81. The van der Waals surface area contributed by atoms with Gasteiger partial charge in [0.25, 0.3) is 0 Å². The first-order valence-electron chi connectivity index (χ1n) is 5.57. The van der Waals surface area contributed by atoms with E-state index in [1.807, 2.05) is 0 Å². The Morgan fingerprint density at radius 2 is 1.92 bits per heavy atom. The summed E-state index contributed by atoms with van der Waals surface area (Å²) in [5.41, 5.74) is 0.485. The molecular weight excluding hydrogens is 162 g/mol. The first-order valence-corrected chi connectivity index (χ1v) is 5.57. The van der Waals surface area contributed by atoms with Gasteiger partial charge < -0.3 is 10.1 Å². The molecule has 1 aliphatic carbocycles. The smallest absolute Gasteiger partial charge is 0.0697 e. The molecule has 1 N–H and O–H groups in total. The maximum atomic E-state index is 5.89. The van der Waals surface area contributed by atoms with Crippen molar-refractivity contribution in [1.29, 1.82) is 0 Å². The van der Waals surface area contributed by atoms with E-state index in [-0.39, 0.29) is 0 Å². The van der Waals surface area contributed by atoms with Crippen molar-refractivity contribution in [3.05, 3.63) is 0 Å². The van der Waals surface area contributed by atoms with Crippen LogP contribution in [0.15, 0.2) is 0 Å². The van der Waals surface area contributed by atoms with Crippen LogP contribution >= 0.6 is 0 Å². The molecule has 2 nitrogen and oxygen atoms in total. The highest BCUT2D eigenvalue weighted by atomic mass is 16.5. The van der Waals surface area contributed by atoms with E-state index in [1.54, 1.807) is 0 Å². The predicted octanol–water partition coefficient (Wildman–Crippen LogP) is 1.94. The number of nitrogens with one attached hydrogen (secondary N) is 1. The maximum absolute atomic E-state index is 5.89. The zero-order valence-electron chi connectivity index (χ0n) is 8.81. The number of ether oxygens (including phenoxy) is 1. The van der Waals surface area contributed by atoms with Gasteiger partial charge in [0.2, 0.25) is 0 Å². The topological polar surface area (TPSA) is 21.3 Å². The van der Waals surface area contributed by atoms with E-state index in [9.17, 15) is 0 Å². The molecule has 1 heterocycles. The third kappa shape index (κ3) is 1.89. The van der Waals surface area contributed by atoms with Crippen LogP contribution in [-0.4, -0.2) is 25.3 Å². The fourth-order valence-electron chi connectivity index (χ4n) is 2.49. The van der Waals surface area contributed by atoms with Crippen LogP contribution in [0.25, 0.3) is 0 Å². The van der Waals surface area contributed by atoms with Crippen LogP contribution in [-0.2, 0) is 4.74 Å². The van der Waals surface area contributed by atoms with Crippen LogP contribution in [0.1, 0.15) is 39.5 Å². The van der Waals surface area contributed by atoms with Crippen LogP contribution in [0, 0.1) is 5.41 Å².